The zero-order valence-electron chi connectivity index (χ0n) is 14.9. The fourth-order valence-corrected chi connectivity index (χ4v) is 3.33. The average Bonchev–Trinajstić information content (AvgIpc) is 2.62. The molecule has 0 heterocycles. The number of hydrogen-bond acceptors (Lipinski definition) is 5. The SMILES string of the molecule is Cc1ccc(S(=O)(=O)NCCC(=O)OCC(=O)Nc2ccc(F)cc2Cl)cc1. The summed E-state index contributed by atoms with van der Waals surface area (Å²) in [6, 6.07) is 9.67. The van der Waals surface area contributed by atoms with Crippen molar-refractivity contribution in [1.29, 1.82) is 0 Å². The van der Waals surface area contributed by atoms with Gasteiger partial charge in [0.2, 0.25) is 10.0 Å². The summed E-state index contributed by atoms with van der Waals surface area (Å²) < 4.78 is 44.2. The highest BCUT2D eigenvalue weighted by molar-refractivity contribution is 7.89. The molecule has 0 aliphatic heterocycles. The van der Waals surface area contributed by atoms with E-state index in [9.17, 15) is 22.4 Å². The van der Waals surface area contributed by atoms with Crippen LogP contribution in [0.15, 0.2) is 47.4 Å². The monoisotopic (exact) mass is 428 g/mol. The highest BCUT2D eigenvalue weighted by Gasteiger charge is 2.15. The number of carbonyl (C=O) groups excluding carboxylic acids is 2. The molecule has 0 spiro atoms. The van der Waals surface area contributed by atoms with Crippen LogP contribution in [0.5, 0.6) is 0 Å². The predicted octanol–water partition coefficient (Wildman–Crippen LogP) is 2.64. The Bertz CT molecular complexity index is 964. The fourth-order valence-electron chi connectivity index (χ4n) is 2.08. The van der Waals surface area contributed by atoms with Gasteiger partial charge in [-0.15, -0.1) is 0 Å². The number of sulfonamides is 1. The maximum Gasteiger partial charge on any atom is 0.307 e. The van der Waals surface area contributed by atoms with Gasteiger partial charge in [0, 0.05) is 6.54 Å². The number of anilines is 1. The van der Waals surface area contributed by atoms with E-state index >= 15 is 0 Å². The van der Waals surface area contributed by atoms with E-state index < -0.39 is 34.3 Å². The third-order valence-electron chi connectivity index (χ3n) is 3.52. The van der Waals surface area contributed by atoms with Crippen LogP contribution in [-0.2, 0) is 24.3 Å². The van der Waals surface area contributed by atoms with Crippen LogP contribution in [0.25, 0.3) is 0 Å². The first-order valence-corrected chi connectivity index (χ1v) is 10.0. The van der Waals surface area contributed by atoms with E-state index in [0.717, 1.165) is 17.7 Å². The Hall–Kier alpha value is -2.49. The molecule has 0 aromatic heterocycles. The normalized spacial score (nSPS) is 11.1. The number of nitrogens with one attached hydrogen (secondary N) is 2. The predicted molar refractivity (Wildman–Crippen MR) is 102 cm³/mol. The molecule has 2 aromatic rings. The van der Waals surface area contributed by atoms with Crippen molar-refractivity contribution in [2.24, 2.45) is 0 Å². The van der Waals surface area contributed by atoms with Gasteiger partial charge in [0.1, 0.15) is 5.82 Å². The molecule has 0 unspecified atom stereocenters. The lowest BCUT2D eigenvalue weighted by Gasteiger charge is -2.09. The van der Waals surface area contributed by atoms with Gasteiger partial charge < -0.3 is 10.1 Å². The van der Waals surface area contributed by atoms with Gasteiger partial charge in [-0.1, -0.05) is 29.3 Å². The average molecular weight is 429 g/mol. The van der Waals surface area contributed by atoms with Crippen LogP contribution >= 0.6 is 11.6 Å². The minimum absolute atomic E-state index is 0.00480. The first kappa shape index (κ1) is 21.8. The maximum absolute atomic E-state index is 13.0. The Kier molecular flexibility index (Phi) is 7.50. The van der Waals surface area contributed by atoms with Crippen molar-refractivity contribution in [3.63, 3.8) is 0 Å². The van der Waals surface area contributed by atoms with Gasteiger partial charge in [0.25, 0.3) is 5.91 Å². The molecule has 7 nitrogen and oxygen atoms in total. The topological polar surface area (TPSA) is 102 Å². The second-order valence-electron chi connectivity index (χ2n) is 5.79. The fraction of sp³-hybridized carbons (Fsp3) is 0.222. The number of ether oxygens (including phenoxy) is 1. The standard InChI is InChI=1S/C18H18ClFN2O5S/c1-12-2-5-14(6-3-12)28(25,26)21-9-8-18(24)27-11-17(23)22-16-7-4-13(20)10-15(16)19/h2-7,10,21H,8-9,11H2,1H3,(H,22,23). The zero-order chi connectivity index (χ0) is 20.7. The van der Waals surface area contributed by atoms with Crippen molar-refractivity contribution in [3.8, 4) is 0 Å². The molecule has 0 aliphatic carbocycles. The quantitative estimate of drug-likeness (QED) is 0.629. The van der Waals surface area contributed by atoms with Gasteiger partial charge in [-0.05, 0) is 37.3 Å². The van der Waals surface area contributed by atoms with Gasteiger partial charge >= 0.3 is 5.97 Å². The first-order chi connectivity index (χ1) is 13.2. The highest BCUT2D eigenvalue weighted by atomic mass is 35.5. The Morgan fingerprint density at radius 3 is 2.46 bits per heavy atom. The molecular formula is C18H18ClFN2O5S. The molecule has 0 radical (unpaired) electrons. The van der Waals surface area contributed by atoms with Crippen LogP contribution in [0, 0.1) is 12.7 Å². The van der Waals surface area contributed by atoms with Gasteiger partial charge in [0.15, 0.2) is 6.61 Å². The number of hydrogen-bond donors (Lipinski definition) is 2. The van der Waals surface area contributed by atoms with E-state index in [4.69, 9.17) is 16.3 Å². The molecule has 0 fully saturated rings. The first-order valence-electron chi connectivity index (χ1n) is 8.14. The molecule has 0 bridgehead atoms. The number of carbonyl (C=O) groups is 2. The molecule has 150 valence electrons. The number of amides is 1. The molecule has 0 saturated heterocycles. The Morgan fingerprint density at radius 2 is 1.82 bits per heavy atom. The summed E-state index contributed by atoms with van der Waals surface area (Å²) in [6.45, 7) is 1.07. The van der Waals surface area contributed by atoms with Crippen LogP contribution in [0.4, 0.5) is 10.1 Å². The Morgan fingerprint density at radius 1 is 1.14 bits per heavy atom. The van der Waals surface area contributed by atoms with E-state index in [0.29, 0.717) is 0 Å². The smallest absolute Gasteiger partial charge is 0.307 e. The summed E-state index contributed by atoms with van der Waals surface area (Å²) in [5, 5.41) is 2.38. The Balaban J connectivity index is 1.75. The van der Waals surface area contributed by atoms with Crippen LogP contribution in [0.3, 0.4) is 0 Å². The molecule has 2 aromatic carbocycles. The zero-order valence-corrected chi connectivity index (χ0v) is 16.4. The second kappa shape index (κ2) is 9.63. The second-order valence-corrected chi connectivity index (χ2v) is 7.97. The lowest BCUT2D eigenvalue weighted by Crippen LogP contribution is -2.28. The van der Waals surface area contributed by atoms with E-state index in [-0.39, 0.29) is 28.6 Å². The van der Waals surface area contributed by atoms with E-state index in [2.05, 4.69) is 10.0 Å². The molecule has 0 atom stereocenters. The van der Waals surface area contributed by atoms with Crippen LogP contribution in [-0.4, -0.2) is 33.4 Å². The summed E-state index contributed by atoms with van der Waals surface area (Å²) in [5.74, 6) is -1.98. The van der Waals surface area contributed by atoms with Crippen molar-refractivity contribution >= 4 is 39.2 Å². The summed E-state index contributed by atoms with van der Waals surface area (Å²) in [7, 11) is -3.74. The van der Waals surface area contributed by atoms with Crippen molar-refractivity contribution in [3.05, 3.63) is 58.9 Å². The number of esters is 1. The lowest BCUT2D eigenvalue weighted by atomic mass is 10.2. The molecule has 28 heavy (non-hydrogen) atoms. The number of benzene rings is 2. The summed E-state index contributed by atoms with van der Waals surface area (Å²) >= 11 is 5.78. The third kappa shape index (κ3) is 6.59. The van der Waals surface area contributed by atoms with Crippen molar-refractivity contribution in [2.45, 2.75) is 18.2 Å². The number of halogens is 2. The maximum atomic E-state index is 13.0. The summed E-state index contributed by atoms with van der Waals surface area (Å²) in [5.41, 5.74) is 1.10. The van der Waals surface area contributed by atoms with Gasteiger partial charge in [-0.2, -0.15) is 0 Å². The Labute approximate surface area is 166 Å². The number of rotatable bonds is 8. The number of aryl methyl sites for hydroxylation is 1. The van der Waals surface area contributed by atoms with E-state index in [1.807, 2.05) is 6.92 Å². The highest BCUT2D eigenvalue weighted by Crippen LogP contribution is 2.22. The van der Waals surface area contributed by atoms with E-state index in [1.54, 1.807) is 12.1 Å². The van der Waals surface area contributed by atoms with Crippen LogP contribution in [0.2, 0.25) is 5.02 Å². The molecule has 0 aliphatic rings. The molecular weight excluding hydrogens is 411 g/mol. The minimum atomic E-state index is -3.74. The third-order valence-corrected chi connectivity index (χ3v) is 5.31. The molecule has 10 heteroatoms. The van der Waals surface area contributed by atoms with Crippen LogP contribution < -0.4 is 10.0 Å². The molecule has 0 saturated carbocycles. The van der Waals surface area contributed by atoms with Gasteiger partial charge in [-0.3, -0.25) is 9.59 Å². The largest absolute Gasteiger partial charge is 0.456 e. The van der Waals surface area contributed by atoms with Gasteiger partial charge in [-0.25, -0.2) is 17.5 Å². The molecule has 1 amide bonds. The summed E-state index contributed by atoms with van der Waals surface area (Å²) in [4.78, 5) is 23.5. The summed E-state index contributed by atoms with van der Waals surface area (Å²) in [6.07, 6.45) is -0.254. The van der Waals surface area contributed by atoms with Crippen molar-refractivity contribution in [1.82, 2.24) is 4.72 Å². The van der Waals surface area contributed by atoms with Crippen molar-refractivity contribution < 1.29 is 27.1 Å². The van der Waals surface area contributed by atoms with E-state index in [1.165, 1.54) is 18.2 Å². The minimum Gasteiger partial charge on any atom is -0.456 e. The molecule has 2 rings (SSSR count). The van der Waals surface area contributed by atoms with Gasteiger partial charge in [0.05, 0.1) is 22.0 Å². The molecule has 2 N–H and O–H groups in total. The van der Waals surface area contributed by atoms with Crippen LogP contribution in [0.1, 0.15) is 12.0 Å². The van der Waals surface area contributed by atoms with Crippen molar-refractivity contribution in [2.75, 3.05) is 18.5 Å². The lowest BCUT2D eigenvalue weighted by molar-refractivity contribution is -0.147.